The third kappa shape index (κ3) is 2.42. The predicted octanol–water partition coefficient (Wildman–Crippen LogP) is 5.55. The van der Waals surface area contributed by atoms with E-state index in [9.17, 15) is 0 Å². The number of nitrogens with zero attached hydrogens (tertiary/aromatic N) is 2. The average Bonchev–Trinajstić information content (AvgIpc) is 3.04. The number of fused-ring (bicyclic) bond motifs is 4. The second-order valence-electron chi connectivity index (χ2n) is 7.16. The molecule has 0 saturated carbocycles. The van der Waals surface area contributed by atoms with Gasteiger partial charge in [0.1, 0.15) is 12.4 Å². The standard InChI is InChI=1S/C24H21N2O/c1-14-6-8-18(16(3)11-14)21-9-10-22-23(26(21)4)19-13-17-7-5-15(2)12-20(17)25-24(19)27-22/h5-13H,1-4H3/q+1/i1D3. The lowest BCUT2D eigenvalue weighted by Gasteiger charge is -2.06. The highest BCUT2D eigenvalue weighted by atomic mass is 16.3. The Morgan fingerprint density at radius 2 is 1.81 bits per heavy atom. The third-order valence-electron chi connectivity index (χ3n) is 5.23. The van der Waals surface area contributed by atoms with Crippen molar-refractivity contribution in [3.05, 3.63) is 71.3 Å². The Hall–Kier alpha value is -3.20. The molecule has 0 bridgehead atoms. The van der Waals surface area contributed by atoms with Crippen molar-refractivity contribution in [1.29, 1.82) is 0 Å². The summed E-state index contributed by atoms with van der Waals surface area (Å²) in [6.07, 6.45) is 0. The second kappa shape index (κ2) is 5.65. The first-order valence-electron chi connectivity index (χ1n) is 10.5. The smallest absolute Gasteiger partial charge is 0.261 e. The van der Waals surface area contributed by atoms with Crippen LogP contribution in [-0.2, 0) is 7.05 Å². The number of hydrogen-bond acceptors (Lipinski definition) is 2. The molecule has 5 aromatic rings. The predicted molar refractivity (Wildman–Crippen MR) is 110 cm³/mol. The summed E-state index contributed by atoms with van der Waals surface area (Å²) in [6, 6.07) is 17.6. The van der Waals surface area contributed by atoms with E-state index in [0.717, 1.165) is 49.8 Å². The fourth-order valence-electron chi connectivity index (χ4n) is 3.86. The molecule has 0 atom stereocenters. The van der Waals surface area contributed by atoms with Crippen LogP contribution in [0.4, 0.5) is 0 Å². The number of pyridine rings is 2. The van der Waals surface area contributed by atoms with Crippen LogP contribution in [-0.4, -0.2) is 4.98 Å². The van der Waals surface area contributed by atoms with Crippen molar-refractivity contribution >= 4 is 33.1 Å². The SMILES string of the molecule is [2H]C([2H])([2H])c1ccc(-c2ccc3oc4nc5cc(C)ccc5cc4c3[n+]2C)c(C)c1. The van der Waals surface area contributed by atoms with Crippen molar-refractivity contribution in [2.75, 3.05) is 0 Å². The van der Waals surface area contributed by atoms with Crippen molar-refractivity contribution < 1.29 is 13.1 Å². The fraction of sp³-hybridized carbons (Fsp3) is 0.167. The van der Waals surface area contributed by atoms with Gasteiger partial charge in [-0.05, 0) is 56.1 Å². The molecule has 3 nitrogen and oxygen atoms in total. The minimum absolute atomic E-state index is 0.354. The second-order valence-corrected chi connectivity index (χ2v) is 7.16. The summed E-state index contributed by atoms with van der Waals surface area (Å²) in [7, 11) is 2.00. The Morgan fingerprint density at radius 1 is 0.963 bits per heavy atom. The zero-order chi connectivity index (χ0) is 21.2. The molecule has 0 aliphatic heterocycles. The third-order valence-corrected chi connectivity index (χ3v) is 5.23. The van der Waals surface area contributed by atoms with E-state index in [1.54, 1.807) is 12.1 Å². The topological polar surface area (TPSA) is 29.9 Å². The normalized spacial score (nSPS) is 13.8. The molecule has 3 aromatic heterocycles. The summed E-state index contributed by atoms with van der Waals surface area (Å²) in [4.78, 5) is 4.73. The van der Waals surface area contributed by atoms with Crippen LogP contribution in [0.15, 0.2) is 59.0 Å². The monoisotopic (exact) mass is 356 g/mol. The minimum atomic E-state index is -2.11. The molecule has 0 spiro atoms. The summed E-state index contributed by atoms with van der Waals surface area (Å²) in [5, 5.41) is 2.03. The molecular formula is C24H21N2O+. The van der Waals surface area contributed by atoms with E-state index in [0.29, 0.717) is 11.3 Å². The largest absolute Gasteiger partial charge is 0.431 e. The van der Waals surface area contributed by atoms with E-state index in [4.69, 9.17) is 13.5 Å². The highest BCUT2D eigenvalue weighted by Gasteiger charge is 2.22. The molecule has 27 heavy (non-hydrogen) atoms. The van der Waals surface area contributed by atoms with Gasteiger partial charge in [-0.25, -0.2) is 4.98 Å². The van der Waals surface area contributed by atoms with Crippen molar-refractivity contribution in [3.8, 4) is 11.3 Å². The zero-order valence-electron chi connectivity index (χ0n) is 18.5. The molecule has 3 heteroatoms. The lowest BCUT2D eigenvalue weighted by Crippen LogP contribution is -2.31. The van der Waals surface area contributed by atoms with Crippen LogP contribution in [0.25, 0.3) is 44.4 Å². The van der Waals surface area contributed by atoms with Gasteiger partial charge < -0.3 is 4.42 Å². The van der Waals surface area contributed by atoms with E-state index < -0.39 is 6.85 Å². The van der Waals surface area contributed by atoms with Gasteiger partial charge in [-0.1, -0.05) is 29.8 Å². The van der Waals surface area contributed by atoms with Gasteiger partial charge in [0.15, 0.2) is 0 Å². The molecule has 3 heterocycles. The number of aryl methyl sites for hydroxylation is 4. The molecule has 0 amide bonds. The van der Waals surface area contributed by atoms with Gasteiger partial charge in [0.05, 0.1) is 5.52 Å². The van der Waals surface area contributed by atoms with Crippen molar-refractivity contribution in [2.45, 2.75) is 20.7 Å². The van der Waals surface area contributed by atoms with Crippen LogP contribution in [0.1, 0.15) is 20.8 Å². The van der Waals surface area contributed by atoms with E-state index in [-0.39, 0.29) is 0 Å². The van der Waals surface area contributed by atoms with Gasteiger partial charge in [0.25, 0.3) is 5.52 Å². The summed E-state index contributed by atoms with van der Waals surface area (Å²) < 4.78 is 31.1. The quantitative estimate of drug-likeness (QED) is 0.369. The highest BCUT2D eigenvalue weighted by Crippen LogP contribution is 2.31. The van der Waals surface area contributed by atoms with Crippen LogP contribution in [0.3, 0.4) is 0 Å². The Balaban J connectivity index is 1.76. The highest BCUT2D eigenvalue weighted by molar-refractivity contribution is 6.04. The van der Waals surface area contributed by atoms with Crippen LogP contribution in [0.2, 0.25) is 0 Å². The lowest BCUT2D eigenvalue weighted by atomic mass is 10.0. The van der Waals surface area contributed by atoms with Crippen LogP contribution in [0, 0.1) is 20.7 Å². The number of furan rings is 1. The molecule has 0 fully saturated rings. The maximum Gasteiger partial charge on any atom is 0.261 e. The number of hydrogen-bond donors (Lipinski definition) is 0. The number of rotatable bonds is 1. The molecule has 0 saturated heterocycles. The van der Waals surface area contributed by atoms with E-state index in [1.165, 1.54) is 0 Å². The van der Waals surface area contributed by atoms with E-state index in [2.05, 4.69) is 35.8 Å². The van der Waals surface area contributed by atoms with Gasteiger partial charge in [-0.3, -0.25) is 0 Å². The Labute approximate surface area is 162 Å². The lowest BCUT2D eigenvalue weighted by molar-refractivity contribution is -0.632. The van der Waals surface area contributed by atoms with Crippen molar-refractivity contribution in [1.82, 2.24) is 4.98 Å². The molecule has 2 aromatic carbocycles. The first-order valence-corrected chi connectivity index (χ1v) is 8.96. The Bertz CT molecular complexity index is 1470. The van der Waals surface area contributed by atoms with Gasteiger partial charge in [0.2, 0.25) is 17.0 Å². The summed E-state index contributed by atoms with van der Waals surface area (Å²) in [5.41, 5.74) is 7.69. The first-order chi connectivity index (χ1) is 14.2. The van der Waals surface area contributed by atoms with Gasteiger partial charge in [0, 0.05) is 21.1 Å². The Kier molecular flexibility index (Phi) is 2.73. The zero-order valence-corrected chi connectivity index (χ0v) is 15.5. The molecule has 0 aliphatic rings. The van der Waals surface area contributed by atoms with Crippen molar-refractivity contribution in [3.63, 3.8) is 0 Å². The number of benzene rings is 2. The van der Waals surface area contributed by atoms with Gasteiger partial charge in [-0.15, -0.1) is 0 Å². The van der Waals surface area contributed by atoms with Crippen molar-refractivity contribution in [2.24, 2.45) is 7.05 Å². The minimum Gasteiger partial charge on any atom is -0.431 e. The maximum atomic E-state index is 7.65. The van der Waals surface area contributed by atoms with Gasteiger partial charge >= 0.3 is 0 Å². The Morgan fingerprint density at radius 3 is 2.63 bits per heavy atom. The van der Waals surface area contributed by atoms with E-state index >= 15 is 0 Å². The molecule has 132 valence electrons. The first kappa shape index (κ1) is 13.0. The van der Waals surface area contributed by atoms with Crippen LogP contribution < -0.4 is 4.57 Å². The fourth-order valence-corrected chi connectivity index (χ4v) is 3.86. The summed E-state index contributed by atoms with van der Waals surface area (Å²) in [5.74, 6) is 0. The van der Waals surface area contributed by atoms with Crippen LogP contribution >= 0.6 is 0 Å². The van der Waals surface area contributed by atoms with Crippen LogP contribution in [0.5, 0.6) is 0 Å². The molecule has 0 unspecified atom stereocenters. The molecule has 0 radical (unpaired) electrons. The summed E-state index contributed by atoms with van der Waals surface area (Å²) >= 11 is 0. The molecular weight excluding hydrogens is 332 g/mol. The number of aromatic nitrogens is 2. The summed E-state index contributed by atoms with van der Waals surface area (Å²) in [6.45, 7) is 1.89. The van der Waals surface area contributed by atoms with Gasteiger partial charge in [-0.2, -0.15) is 4.57 Å². The molecule has 0 N–H and O–H groups in total. The molecule has 5 rings (SSSR count). The maximum absolute atomic E-state index is 7.65. The van der Waals surface area contributed by atoms with E-state index in [1.807, 2.05) is 32.2 Å². The average molecular weight is 356 g/mol. The molecule has 0 aliphatic carbocycles.